The van der Waals surface area contributed by atoms with E-state index in [0.717, 1.165) is 16.9 Å². The average molecular weight is 300 g/mol. The van der Waals surface area contributed by atoms with Crippen molar-refractivity contribution >= 4 is 17.3 Å². The summed E-state index contributed by atoms with van der Waals surface area (Å²) in [4.78, 5) is 0. The molecule has 0 atom stereocenters. The van der Waals surface area contributed by atoms with Gasteiger partial charge in [0.2, 0.25) is 0 Å². The highest BCUT2D eigenvalue weighted by atomic mass is 32.1. The van der Waals surface area contributed by atoms with Crippen molar-refractivity contribution in [1.82, 2.24) is 10.6 Å². The van der Waals surface area contributed by atoms with Gasteiger partial charge in [0.1, 0.15) is 5.75 Å². The zero-order chi connectivity index (χ0) is 15.1. The van der Waals surface area contributed by atoms with Crippen LogP contribution in [0.15, 0.2) is 48.5 Å². The SMILES string of the molecule is CCOc1cc(-c2ccccc2)ccc1CNC(=S)NC. The quantitative estimate of drug-likeness (QED) is 0.830. The minimum Gasteiger partial charge on any atom is -0.494 e. The highest BCUT2D eigenvalue weighted by Gasteiger charge is 2.07. The van der Waals surface area contributed by atoms with Crippen LogP contribution in [0.25, 0.3) is 11.1 Å². The second-order valence-corrected chi connectivity index (χ2v) is 4.96. The third kappa shape index (κ3) is 4.20. The Balaban J connectivity index is 2.24. The second kappa shape index (κ2) is 7.64. The molecule has 110 valence electrons. The van der Waals surface area contributed by atoms with Gasteiger partial charge < -0.3 is 15.4 Å². The molecule has 0 amide bonds. The normalized spacial score (nSPS) is 10.0. The van der Waals surface area contributed by atoms with Gasteiger partial charge in [0.05, 0.1) is 6.61 Å². The average Bonchev–Trinajstić information content (AvgIpc) is 2.54. The third-order valence-corrected chi connectivity index (χ3v) is 3.49. The summed E-state index contributed by atoms with van der Waals surface area (Å²) in [6.07, 6.45) is 0. The fourth-order valence-electron chi connectivity index (χ4n) is 2.06. The molecule has 0 saturated heterocycles. The standard InChI is InChI=1S/C17H20N2OS/c1-3-20-16-11-14(13-7-5-4-6-8-13)9-10-15(16)12-19-17(21)18-2/h4-11H,3,12H2,1-2H3,(H2,18,19,21). The van der Waals surface area contributed by atoms with Gasteiger partial charge in [-0.15, -0.1) is 0 Å². The molecular weight excluding hydrogens is 280 g/mol. The summed E-state index contributed by atoms with van der Waals surface area (Å²) in [6.45, 7) is 3.27. The molecule has 0 radical (unpaired) electrons. The lowest BCUT2D eigenvalue weighted by Gasteiger charge is -2.14. The van der Waals surface area contributed by atoms with E-state index < -0.39 is 0 Å². The molecule has 2 rings (SSSR count). The number of benzene rings is 2. The van der Waals surface area contributed by atoms with E-state index >= 15 is 0 Å². The first kappa shape index (κ1) is 15.3. The van der Waals surface area contributed by atoms with E-state index in [1.165, 1.54) is 5.56 Å². The van der Waals surface area contributed by atoms with E-state index in [9.17, 15) is 0 Å². The van der Waals surface area contributed by atoms with Gasteiger partial charge in [-0.3, -0.25) is 0 Å². The maximum atomic E-state index is 5.76. The number of rotatable bonds is 5. The summed E-state index contributed by atoms with van der Waals surface area (Å²) in [5, 5.41) is 6.68. The van der Waals surface area contributed by atoms with Crippen LogP contribution in [-0.2, 0) is 6.54 Å². The first-order valence-electron chi connectivity index (χ1n) is 7.01. The number of hydrogen-bond donors (Lipinski definition) is 2. The van der Waals surface area contributed by atoms with E-state index in [2.05, 4.69) is 41.0 Å². The van der Waals surface area contributed by atoms with E-state index in [1.807, 2.05) is 25.1 Å². The van der Waals surface area contributed by atoms with E-state index in [4.69, 9.17) is 17.0 Å². The molecule has 3 nitrogen and oxygen atoms in total. The van der Waals surface area contributed by atoms with Crippen LogP contribution in [0.5, 0.6) is 5.75 Å². The Kier molecular flexibility index (Phi) is 5.58. The van der Waals surface area contributed by atoms with E-state index in [-0.39, 0.29) is 0 Å². The van der Waals surface area contributed by atoms with Crippen molar-refractivity contribution < 1.29 is 4.74 Å². The van der Waals surface area contributed by atoms with Crippen LogP contribution in [0.2, 0.25) is 0 Å². The van der Waals surface area contributed by atoms with Crippen LogP contribution in [0, 0.1) is 0 Å². The number of hydrogen-bond acceptors (Lipinski definition) is 2. The van der Waals surface area contributed by atoms with Gasteiger partial charge in [0.25, 0.3) is 0 Å². The number of ether oxygens (including phenoxy) is 1. The molecule has 0 aliphatic rings. The van der Waals surface area contributed by atoms with Crippen molar-refractivity contribution in [3.63, 3.8) is 0 Å². The van der Waals surface area contributed by atoms with Crippen molar-refractivity contribution in [1.29, 1.82) is 0 Å². The Hall–Kier alpha value is -2.07. The van der Waals surface area contributed by atoms with Crippen molar-refractivity contribution in [2.75, 3.05) is 13.7 Å². The molecule has 21 heavy (non-hydrogen) atoms. The van der Waals surface area contributed by atoms with E-state index in [0.29, 0.717) is 18.3 Å². The predicted octanol–water partition coefficient (Wildman–Crippen LogP) is 3.35. The van der Waals surface area contributed by atoms with Gasteiger partial charge in [-0.05, 0) is 36.3 Å². The van der Waals surface area contributed by atoms with Crippen LogP contribution in [0.3, 0.4) is 0 Å². The first-order valence-corrected chi connectivity index (χ1v) is 7.42. The summed E-state index contributed by atoms with van der Waals surface area (Å²) < 4.78 is 5.76. The molecule has 2 aromatic carbocycles. The number of thiocarbonyl (C=S) groups is 1. The number of nitrogens with one attached hydrogen (secondary N) is 2. The molecule has 0 aliphatic heterocycles. The molecular formula is C17H20N2OS. The molecule has 0 saturated carbocycles. The summed E-state index contributed by atoms with van der Waals surface area (Å²) in [6, 6.07) is 16.6. The van der Waals surface area contributed by atoms with Crippen molar-refractivity contribution in [2.24, 2.45) is 0 Å². The monoisotopic (exact) mass is 300 g/mol. The van der Waals surface area contributed by atoms with Crippen LogP contribution < -0.4 is 15.4 Å². The Morgan fingerprint density at radius 1 is 1.10 bits per heavy atom. The summed E-state index contributed by atoms with van der Waals surface area (Å²) in [5.74, 6) is 0.894. The maximum absolute atomic E-state index is 5.76. The zero-order valence-electron chi connectivity index (χ0n) is 12.3. The molecule has 0 spiro atoms. The Labute approximate surface area is 131 Å². The highest BCUT2D eigenvalue weighted by Crippen LogP contribution is 2.27. The molecule has 0 fully saturated rings. The minimum absolute atomic E-state index is 0.629. The summed E-state index contributed by atoms with van der Waals surface area (Å²) in [7, 11) is 1.80. The maximum Gasteiger partial charge on any atom is 0.166 e. The molecule has 0 aromatic heterocycles. The van der Waals surface area contributed by atoms with Gasteiger partial charge in [-0.1, -0.05) is 42.5 Å². The fraction of sp³-hybridized carbons (Fsp3) is 0.235. The Morgan fingerprint density at radius 3 is 2.52 bits per heavy atom. The van der Waals surface area contributed by atoms with Gasteiger partial charge >= 0.3 is 0 Å². The summed E-state index contributed by atoms with van der Waals surface area (Å²) in [5.41, 5.74) is 3.43. The molecule has 4 heteroatoms. The topological polar surface area (TPSA) is 33.3 Å². The molecule has 2 aromatic rings. The lowest BCUT2D eigenvalue weighted by molar-refractivity contribution is 0.336. The lowest BCUT2D eigenvalue weighted by Crippen LogP contribution is -2.31. The van der Waals surface area contributed by atoms with Crippen LogP contribution in [-0.4, -0.2) is 18.8 Å². The predicted molar refractivity (Wildman–Crippen MR) is 91.5 cm³/mol. The second-order valence-electron chi connectivity index (χ2n) is 4.55. The summed E-state index contributed by atoms with van der Waals surface area (Å²) >= 11 is 5.10. The molecule has 0 heterocycles. The molecule has 2 N–H and O–H groups in total. The van der Waals surface area contributed by atoms with Gasteiger partial charge in [0.15, 0.2) is 5.11 Å². The van der Waals surface area contributed by atoms with Gasteiger partial charge in [-0.2, -0.15) is 0 Å². The Bertz CT molecular complexity index is 599. The molecule has 0 aliphatic carbocycles. The largest absolute Gasteiger partial charge is 0.494 e. The van der Waals surface area contributed by atoms with Crippen LogP contribution in [0.4, 0.5) is 0 Å². The zero-order valence-corrected chi connectivity index (χ0v) is 13.2. The lowest BCUT2D eigenvalue weighted by atomic mass is 10.0. The van der Waals surface area contributed by atoms with Crippen molar-refractivity contribution in [3.05, 3.63) is 54.1 Å². The molecule has 0 unspecified atom stereocenters. The highest BCUT2D eigenvalue weighted by molar-refractivity contribution is 7.80. The first-order chi connectivity index (χ1) is 10.2. The fourth-order valence-corrected chi connectivity index (χ4v) is 2.14. The molecule has 0 bridgehead atoms. The van der Waals surface area contributed by atoms with Crippen LogP contribution in [0.1, 0.15) is 12.5 Å². The van der Waals surface area contributed by atoms with E-state index in [1.54, 1.807) is 7.05 Å². The smallest absolute Gasteiger partial charge is 0.166 e. The Morgan fingerprint density at radius 2 is 1.86 bits per heavy atom. The van der Waals surface area contributed by atoms with Gasteiger partial charge in [0, 0.05) is 19.2 Å². The van der Waals surface area contributed by atoms with Crippen molar-refractivity contribution in [3.8, 4) is 16.9 Å². The third-order valence-electron chi connectivity index (χ3n) is 3.14. The van der Waals surface area contributed by atoms with Crippen molar-refractivity contribution in [2.45, 2.75) is 13.5 Å². The van der Waals surface area contributed by atoms with Gasteiger partial charge in [-0.25, -0.2) is 0 Å². The minimum atomic E-state index is 0.629. The van der Waals surface area contributed by atoms with Crippen LogP contribution >= 0.6 is 12.2 Å².